The van der Waals surface area contributed by atoms with Crippen LogP contribution in [-0.4, -0.2) is 49.3 Å². The molecule has 10 heteroatoms. The predicted octanol–water partition coefficient (Wildman–Crippen LogP) is 15.0. The Morgan fingerprint density at radius 3 is 1.32 bits per heavy atom. The largest absolute Gasteiger partial charge is 0.472 e. The van der Waals surface area contributed by atoms with Gasteiger partial charge in [0.1, 0.15) is 6.61 Å². The zero-order valence-electron chi connectivity index (χ0n) is 39.6. The van der Waals surface area contributed by atoms with Crippen LogP contribution in [0.3, 0.4) is 0 Å². The normalized spacial score (nSPS) is 13.8. The zero-order chi connectivity index (χ0) is 45.3. The Morgan fingerprint density at radius 1 is 0.500 bits per heavy atom. The van der Waals surface area contributed by atoms with Crippen LogP contribution >= 0.6 is 7.82 Å². The molecule has 358 valence electrons. The van der Waals surface area contributed by atoms with E-state index in [1.165, 1.54) is 83.5 Å². The lowest BCUT2D eigenvalue weighted by molar-refractivity contribution is -0.161. The van der Waals surface area contributed by atoms with Crippen LogP contribution in [0.25, 0.3) is 0 Å². The summed E-state index contributed by atoms with van der Waals surface area (Å²) in [5.41, 5.74) is 5.36. The monoisotopic (exact) mass is 890 g/mol. The number of hydrogen-bond acceptors (Lipinski definition) is 8. The maximum Gasteiger partial charge on any atom is 0.472 e. The number of phosphoric acid groups is 1. The van der Waals surface area contributed by atoms with Gasteiger partial charge in [0.05, 0.1) is 13.2 Å². The van der Waals surface area contributed by atoms with Gasteiger partial charge in [0.25, 0.3) is 0 Å². The number of rotatable bonds is 46. The lowest BCUT2D eigenvalue weighted by atomic mass is 10.0. The molecule has 2 atom stereocenters. The summed E-state index contributed by atoms with van der Waals surface area (Å²) >= 11 is 0. The highest BCUT2D eigenvalue weighted by atomic mass is 31.2. The maximum atomic E-state index is 12.6. The molecule has 0 aromatic heterocycles. The lowest BCUT2D eigenvalue weighted by Crippen LogP contribution is -2.29. The summed E-state index contributed by atoms with van der Waals surface area (Å²) < 4.78 is 32.9. The molecule has 0 heterocycles. The number of carbonyl (C=O) groups is 2. The minimum absolute atomic E-state index is 0.0484. The topological polar surface area (TPSA) is 134 Å². The van der Waals surface area contributed by atoms with E-state index in [1.54, 1.807) is 0 Å². The first-order valence-electron chi connectivity index (χ1n) is 24.9. The second-order valence-electron chi connectivity index (χ2n) is 16.3. The minimum Gasteiger partial charge on any atom is -0.462 e. The average Bonchev–Trinajstić information content (AvgIpc) is 3.26. The highest BCUT2D eigenvalue weighted by Gasteiger charge is 2.26. The molecule has 0 aromatic carbocycles. The standard InChI is InChI=1S/C52H92NO8P/c1-3-5-7-9-11-13-15-17-19-21-22-23-24-25-26-27-28-29-31-33-35-37-39-41-43-45-52(55)61-50(49-60-62(56,57)59-47-46-53)48-58-51(54)44-42-40-38-36-34-32-30-20-18-16-14-12-10-8-6-4-2/h5,7,11,13,17,19,22-23,25-26,28-29,50H,3-4,6,8-10,12,14-16,18,20-21,24,27,30-49,53H2,1-2H3,(H,56,57)/b7-5-,13-11-,19-17-,23-22-,26-25-,29-28-. The molecule has 62 heavy (non-hydrogen) atoms. The second-order valence-corrected chi connectivity index (χ2v) is 17.8. The van der Waals surface area contributed by atoms with Crippen molar-refractivity contribution in [2.45, 2.75) is 219 Å². The molecule has 0 fully saturated rings. The van der Waals surface area contributed by atoms with Gasteiger partial charge < -0.3 is 20.1 Å². The summed E-state index contributed by atoms with van der Waals surface area (Å²) in [6.07, 6.45) is 59.3. The molecular formula is C52H92NO8P. The highest BCUT2D eigenvalue weighted by Crippen LogP contribution is 2.43. The Balaban J connectivity index is 4.11. The number of phosphoric ester groups is 1. The quantitative estimate of drug-likeness (QED) is 0.0265. The van der Waals surface area contributed by atoms with Gasteiger partial charge in [-0.05, 0) is 64.2 Å². The van der Waals surface area contributed by atoms with Crippen LogP contribution in [0.15, 0.2) is 72.9 Å². The average molecular weight is 890 g/mol. The fraction of sp³-hybridized carbons (Fsp3) is 0.731. The van der Waals surface area contributed by atoms with Crippen LogP contribution in [0.4, 0.5) is 0 Å². The third-order valence-corrected chi connectivity index (χ3v) is 11.3. The molecule has 0 radical (unpaired) electrons. The van der Waals surface area contributed by atoms with Crippen LogP contribution in [0.5, 0.6) is 0 Å². The van der Waals surface area contributed by atoms with E-state index in [1.807, 2.05) is 0 Å². The maximum absolute atomic E-state index is 12.6. The van der Waals surface area contributed by atoms with Crippen molar-refractivity contribution >= 4 is 19.8 Å². The molecule has 2 unspecified atom stereocenters. The molecule has 0 aromatic rings. The van der Waals surface area contributed by atoms with E-state index in [2.05, 4.69) is 86.8 Å². The number of unbranched alkanes of at least 4 members (excludes halogenated alkanes) is 21. The van der Waals surface area contributed by atoms with Gasteiger partial charge in [-0.3, -0.25) is 18.6 Å². The van der Waals surface area contributed by atoms with E-state index in [-0.39, 0.29) is 38.6 Å². The first kappa shape index (κ1) is 59.5. The summed E-state index contributed by atoms with van der Waals surface area (Å²) in [7, 11) is -4.39. The highest BCUT2D eigenvalue weighted by molar-refractivity contribution is 7.47. The van der Waals surface area contributed by atoms with Crippen LogP contribution < -0.4 is 5.73 Å². The smallest absolute Gasteiger partial charge is 0.462 e. The predicted molar refractivity (Wildman–Crippen MR) is 261 cm³/mol. The summed E-state index contributed by atoms with van der Waals surface area (Å²) in [4.78, 5) is 35.0. The van der Waals surface area contributed by atoms with Crippen molar-refractivity contribution in [3.8, 4) is 0 Å². The number of hydrogen-bond donors (Lipinski definition) is 2. The van der Waals surface area contributed by atoms with Crippen LogP contribution in [0.1, 0.15) is 213 Å². The first-order chi connectivity index (χ1) is 30.3. The lowest BCUT2D eigenvalue weighted by Gasteiger charge is -2.19. The summed E-state index contributed by atoms with van der Waals surface area (Å²) in [6.45, 7) is 3.62. The Kier molecular flexibility index (Phi) is 45.9. The number of nitrogens with two attached hydrogens (primary N) is 1. The van der Waals surface area contributed by atoms with E-state index in [9.17, 15) is 19.0 Å². The minimum atomic E-state index is -4.39. The zero-order valence-corrected chi connectivity index (χ0v) is 40.5. The Hall–Kier alpha value is -2.55. The molecule has 0 rings (SSSR count). The van der Waals surface area contributed by atoms with Gasteiger partial charge in [-0.15, -0.1) is 0 Å². The Labute approximate surface area is 380 Å². The number of ether oxygens (including phenoxy) is 2. The number of carbonyl (C=O) groups excluding carboxylic acids is 2. The van der Waals surface area contributed by atoms with Crippen molar-refractivity contribution in [2.75, 3.05) is 26.4 Å². The molecule has 9 nitrogen and oxygen atoms in total. The SMILES string of the molecule is CC/C=C\C/C=C\C/C=C\C/C=C\C/C=C\C/C=C\CCCCCCCCC(=O)OC(COC(=O)CCCCCCCCCCCCCCCCCC)COP(=O)(O)OCCN. The molecular weight excluding hydrogens is 798 g/mol. The van der Waals surface area contributed by atoms with Crippen molar-refractivity contribution in [3.05, 3.63) is 72.9 Å². The number of esters is 2. The third-order valence-electron chi connectivity index (χ3n) is 10.4. The van der Waals surface area contributed by atoms with Gasteiger partial charge >= 0.3 is 19.8 Å². The van der Waals surface area contributed by atoms with Crippen molar-refractivity contribution in [1.29, 1.82) is 0 Å². The Bertz CT molecular complexity index is 1240. The molecule has 0 spiro atoms. The molecule has 0 aliphatic carbocycles. The van der Waals surface area contributed by atoms with E-state index in [0.29, 0.717) is 6.42 Å². The van der Waals surface area contributed by atoms with Crippen molar-refractivity contribution in [1.82, 2.24) is 0 Å². The van der Waals surface area contributed by atoms with Gasteiger partial charge in [-0.1, -0.05) is 209 Å². The molecule has 0 aliphatic rings. The Morgan fingerprint density at radius 2 is 0.887 bits per heavy atom. The first-order valence-corrected chi connectivity index (χ1v) is 26.4. The van der Waals surface area contributed by atoms with Gasteiger partial charge in [0, 0.05) is 19.4 Å². The molecule has 0 saturated carbocycles. The van der Waals surface area contributed by atoms with Crippen LogP contribution in [0.2, 0.25) is 0 Å². The number of allylic oxidation sites excluding steroid dienone is 12. The molecule has 0 amide bonds. The third kappa shape index (κ3) is 46.9. The van der Waals surface area contributed by atoms with E-state index < -0.39 is 26.5 Å². The van der Waals surface area contributed by atoms with Gasteiger partial charge in [0.2, 0.25) is 0 Å². The summed E-state index contributed by atoms with van der Waals surface area (Å²) in [5, 5.41) is 0. The van der Waals surface area contributed by atoms with Gasteiger partial charge in [-0.2, -0.15) is 0 Å². The fourth-order valence-electron chi connectivity index (χ4n) is 6.70. The van der Waals surface area contributed by atoms with Crippen molar-refractivity contribution in [2.24, 2.45) is 5.73 Å². The van der Waals surface area contributed by atoms with Crippen molar-refractivity contribution < 1.29 is 37.6 Å². The second kappa shape index (κ2) is 47.9. The van der Waals surface area contributed by atoms with Crippen LogP contribution in [0, 0.1) is 0 Å². The van der Waals surface area contributed by atoms with Crippen molar-refractivity contribution in [3.63, 3.8) is 0 Å². The molecule has 0 aliphatic heterocycles. The fourth-order valence-corrected chi connectivity index (χ4v) is 7.46. The van der Waals surface area contributed by atoms with E-state index >= 15 is 0 Å². The van der Waals surface area contributed by atoms with E-state index in [0.717, 1.165) is 96.3 Å². The van der Waals surface area contributed by atoms with Crippen LogP contribution in [-0.2, 0) is 32.7 Å². The van der Waals surface area contributed by atoms with Gasteiger partial charge in [0.15, 0.2) is 6.10 Å². The molecule has 0 bridgehead atoms. The molecule has 3 N–H and O–H groups in total. The van der Waals surface area contributed by atoms with Gasteiger partial charge in [-0.25, -0.2) is 4.57 Å². The summed E-state index contributed by atoms with van der Waals surface area (Å²) in [6, 6.07) is 0. The summed E-state index contributed by atoms with van der Waals surface area (Å²) in [5.74, 6) is -0.843. The molecule has 0 saturated heterocycles. The van der Waals surface area contributed by atoms with E-state index in [4.69, 9.17) is 24.3 Å².